The third-order valence-electron chi connectivity index (χ3n) is 2.71. The highest BCUT2D eigenvalue weighted by Gasteiger charge is 2.19. The quantitative estimate of drug-likeness (QED) is 0.702. The van der Waals surface area contributed by atoms with Crippen LogP contribution in [-0.4, -0.2) is 39.4 Å². The van der Waals surface area contributed by atoms with Crippen LogP contribution in [0.2, 0.25) is 0 Å². The van der Waals surface area contributed by atoms with Crippen molar-refractivity contribution in [1.82, 2.24) is 25.8 Å². The van der Waals surface area contributed by atoms with Gasteiger partial charge in [-0.15, -0.1) is 5.10 Å². The molecule has 0 bridgehead atoms. The Kier molecular flexibility index (Phi) is 5.56. The van der Waals surface area contributed by atoms with Crippen molar-refractivity contribution >= 4 is 39.6 Å². The third kappa shape index (κ3) is 4.08. The van der Waals surface area contributed by atoms with Gasteiger partial charge in [0.05, 0.1) is 5.25 Å². The highest BCUT2D eigenvalue weighted by atomic mass is 79.9. The summed E-state index contributed by atoms with van der Waals surface area (Å²) in [5.74, 6) is 0.200. The Labute approximate surface area is 139 Å². The van der Waals surface area contributed by atoms with Crippen LogP contribution >= 0.6 is 27.7 Å². The van der Waals surface area contributed by atoms with E-state index in [1.807, 2.05) is 24.3 Å². The van der Waals surface area contributed by atoms with E-state index in [9.17, 15) is 9.59 Å². The number of nitrogens with one attached hydrogen (secondary N) is 3. The van der Waals surface area contributed by atoms with E-state index in [4.69, 9.17) is 0 Å². The number of carbonyl (C=O) groups excluding carboxylic acids is 2. The largest absolute Gasteiger partial charge is 0.341 e. The zero-order chi connectivity index (χ0) is 16.1. The first-order chi connectivity index (χ1) is 10.5. The predicted octanol–water partition coefficient (Wildman–Crippen LogP) is 2.17. The fourth-order valence-corrected chi connectivity index (χ4v) is 2.76. The van der Waals surface area contributed by atoms with E-state index in [0.29, 0.717) is 11.0 Å². The number of imide groups is 1. The average molecular weight is 384 g/mol. The van der Waals surface area contributed by atoms with Gasteiger partial charge in [0.15, 0.2) is 5.82 Å². The number of hydrogen-bond donors (Lipinski definition) is 3. The first kappa shape index (κ1) is 16.5. The number of nitrogens with zero attached hydrogens (tertiary/aromatic N) is 2. The predicted molar refractivity (Wildman–Crippen MR) is 87.4 cm³/mol. The Balaban J connectivity index is 2.05. The summed E-state index contributed by atoms with van der Waals surface area (Å²) in [6.07, 6.45) is 0. The molecule has 1 atom stereocenters. The molecule has 0 radical (unpaired) electrons. The van der Waals surface area contributed by atoms with Crippen LogP contribution in [0, 0.1) is 0 Å². The van der Waals surface area contributed by atoms with Crippen LogP contribution in [0.1, 0.15) is 6.92 Å². The van der Waals surface area contributed by atoms with Crippen LogP contribution in [0.5, 0.6) is 0 Å². The summed E-state index contributed by atoms with van der Waals surface area (Å²) in [7, 11) is 1.44. The van der Waals surface area contributed by atoms with Gasteiger partial charge in [0, 0.05) is 17.1 Å². The summed E-state index contributed by atoms with van der Waals surface area (Å²) in [5.41, 5.74) is 0.879. The summed E-state index contributed by atoms with van der Waals surface area (Å²) in [6, 6.07) is 7.08. The minimum atomic E-state index is -0.540. The van der Waals surface area contributed by atoms with Gasteiger partial charge in [-0.05, 0) is 13.0 Å². The lowest BCUT2D eigenvalue weighted by Crippen LogP contribution is -2.41. The molecule has 3 amide bonds. The number of benzene rings is 1. The lowest BCUT2D eigenvalue weighted by molar-refractivity contribution is -0.119. The maximum atomic E-state index is 11.8. The molecule has 2 rings (SSSR count). The molecule has 9 heteroatoms. The van der Waals surface area contributed by atoms with E-state index in [-0.39, 0.29) is 0 Å². The Morgan fingerprint density at radius 2 is 2.09 bits per heavy atom. The summed E-state index contributed by atoms with van der Waals surface area (Å²) < 4.78 is 0.896. The highest BCUT2D eigenvalue weighted by molar-refractivity contribution is 9.10. The van der Waals surface area contributed by atoms with E-state index in [1.54, 1.807) is 6.92 Å². The van der Waals surface area contributed by atoms with Gasteiger partial charge in [-0.3, -0.25) is 15.2 Å². The molecule has 0 saturated carbocycles. The number of halogens is 1. The Morgan fingerprint density at radius 3 is 2.77 bits per heavy atom. The van der Waals surface area contributed by atoms with Gasteiger partial charge in [0.2, 0.25) is 11.1 Å². The SMILES string of the molecule is CNC(=O)NC(=O)[C@H](C)Sc1n[nH]c(-c2ccccc2Br)n1. The van der Waals surface area contributed by atoms with Crippen LogP contribution in [-0.2, 0) is 4.79 Å². The van der Waals surface area contributed by atoms with Crippen molar-refractivity contribution in [2.75, 3.05) is 7.05 Å². The van der Waals surface area contributed by atoms with Crippen molar-refractivity contribution in [2.45, 2.75) is 17.3 Å². The number of amides is 3. The van der Waals surface area contributed by atoms with Crippen LogP contribution in [0.25, 0.3) is 11.4 Å². The number of carbonyl (C=O) groups is 2. The van der Waals surface area contributed by atoms with Crippen molar-refractivity contribution in [3.63, 3.8) is 0 Å². The second kappa shape index (κ2) is 7.41. The molecule has 7 nitrogen and oxygen atoms in total. The molecular formula is C13H14BrN5O2S. The van der Waals surface area contributed by atoms with E-state index in [0.717, 1.165) is 21.8 Å². The summed E-state index contributed by atoms with van der Waals surface area (Å²) in [6.45, 7) is 1.68. The third-order valence-corrected chi connectivity index (χ3v) is 4.36. The minimum absolute atomic E-state index is 0.406. The molecule has 0 aliphatic heterocycles. The van der Waals surface area contributed by atoms with Crippen molar-refractivity contribution in [2.24, 2.45) is 0 Å². The number of urea groups is 1. The smallest absolute Gasteiger partial charge is 0.321 e. The van der Waals surface area contributed by atoms with Gasteiger partial charge in [0.1, 0.15) is 0 Å². The maximum Gasteiger partial charge on any atom is 0.321 e. The van der Waals surface area contributed by atoms with E-state index < -0.39 is 17.2 Å². The Morgan fingerprint density at radius 1 is 1.36 bits per heavy atom. The lowest BCUT2D eigenvalue weighted by Gasteiger charge is -2.08. The first-order valence-corrected chi connectivity index (χ1v) is 8.05. The van der Waals surface area contributed by atoms with Gasteiger partial charge >= 0.3 is 6.03 Å². The van der Waals surface area contributed by atoms with Crippen molar-refractivity contribution in [1.29, 1.82) is 0 Å². The second-order valence-corrected chi connectivity index (χ2v) is 6.44. The zero-order valence-corrected chi connectivity index (χ0v) is 14.3. The Hall–Kier alpha value is -1.87. The molecule has 0 saturated heterocycles. The molecule has 2 aromatic rings. The van der Waals surface area contributed by atoms with E-state index in [2.05, 4.69) is 41.7 Å². The van der Waals surface area contributed by atoms with Crippen molar-refractivity contribution in [3.05, 3.63) is 28.7 Å². The average Bonchev–Trinajstić information content (AvgIpc) is 2.95. The van der Waals surface area contributed by atoms with Gasteiger partial charge in [0.25, 0.3) is 0 Å². The highest BCUT2D eigenvalue weighted by Crippen LogP contribution is 2.27. The number of H-pyrrole nitrogens is 1. The molecular weight excluding hydrogens is 370 g/mol. The number of aromatic amines is 1. The van der Waals surface area contributed by atoms with Gasteiger partial charge in [-0.25, -0.2) is 9.78 Å². The molecule has 0 unspecified atom stereocenters. The fourth-order valence-electron chi connectivity index (χ4n) is 1.56. The van der Waals surface area contributed by atoms with Crippen LogP contribution in [0.15, 0.2) is 33.9 Å². The Bertz CT molecular complexity index is 691. The molecule has 0 aliphatic carbocycles. The molecule has 1 aromatic heterocycles. The van der Waals surface area contributed by atoms with Crippen molar-refractivity contribution < 1.29 is 9.59 Å². The summed E-state index contributed by atoms with van der Waals surface area (Å²) in [4.78, 5) is 27.2. The summed E-state index contributed by atoms with van der Waals surface area (Å²) in [5, 5.41) is 11.4. The number of aromatic nitrogens is 3. The number of rotatable bonds is 4. The van der Waals surface area contributed by atoms with Gasteiger partial charge in [-0.2, -0.15) is 0 Å². The van der Waals surface area contributed by atoms with Crippen LogP contribution in [0.4, 0.5) is 4.79 Å². The monoisotopic (exact) mass is 383 g/mol. The fraction of sp³-hybridized carbons (Fsp3) is 0.231. The molecule has 1 heterocycles. The van der Waals surface area contributed by atoms with Crippen molar-refractivity contribution in [3.8, 4) is 11.4 Å². The molecule has 116 valence electrons. The standard InChI is InChI=1S/C13H14BrN5O2S/c1-7(11(20)17-12(21)15-2)22-13-16-10(18-19-13)8-5-3-4-6-9(8)14/h3-7H,1-2H3,(H,16,18,19)(H2,15,17,20,21)/t7-/m0/s1. The maximum absolute atomic E-state index is 11.8. The first-order valence-electron chi connectivity index (χ1n) is 6.37. The molecule has 0 aliphatic rings. The van der Waals surface area contributed by atoms with Crippen LogP contribution < -0.4 is 10.6 Å². The number of hydrogen-bond acceptors (Lipinski definition) is 5. The van der Waals surface area contributed by atoms with E-state index >= 15 is 0 Å². The molecule has 0 spiro atoms. The van der Waals surface area contributed by atoms with Crippen LogP contribution in [0.3, 0.4) is 0 Å². The molecule has 1 aromatic carbocycles. The normalized spacial score (nSPS) is 11.8. The van der Waals surface area contributed by atoms with Gasteiger partial charge < -0.3 is 5.32 Å². The molecule has 22 heavy (non-hydrogen) atoms. The summed E-state index contributed by atoms with van der Waals surface area (Å²) >= 11 is 4.61. The second-order valence-electron chi connectivity index (χ2n) is 4.27. The zero-order valence-electron chi connectivity index (χ0n) is 11.9. The van der Waals surface area contributed by atoms with E-state index in [1.165, 1.54) is 7.05 Å². The minimum Gasteiger partial charge on any atom is -0.341 e. The topological polar surface area (TPSA) is 99.8 Å². The lowest BCUT2D eigenvalue weighted by atomic mass is 10.2. The number of thioether (sulfide) groups is 1. The van der Waals surface area contributed by atoms with Gasteiger partial charge in [-0.1, -0.05) is 45.9 Å². The molecule has 3 N–H and O–H groups in total. The molecule has 0 fully saturated rings.